The first-order chi connectivity index (χ1) is 22.5. The number of alkyl halides is 4. The lowest BCUT2D eigenvalue weighted by atomic mass is 9.42. The number of sulfone groups is 1. The van der Waals surface area contributed by atoms with Crippen molar-refractivity contribution in [3.63, 3.8) is 0 Å². The van der Waals surface area contributed by atoms with Crippen LogP contribution in [0.2, 0.25) is 0 Å². The van der Waals surface area contributed by atoms with Crippen molar-refractivity contribution in [1.82, 2.24) is 15.0 Å². The SMILES string of the molecule is O=S1(=O)CCC(Nc2nccc(-c3sc(C45CC(F)(C4)C5)nc3-c3cccc(NS(=O)(=O)c4c(F)cccc4C(F)(F)F)c3F)n2)CC1. The van der Waals surface area contributed by atoms with Gasteiger partial charge >= 0.3 is 6.18 Å². The molecule has 3 saturated carbocycles. The summed E-state index contributed by atoms with van der Waals surface area (Å²) < 4.78 is 138. The molecule has 1 saturated heterocycles. The molecule has 9 nitrogen and oxygen atoms in total. The van der Waals surface area contributed by atoms with Gasteiger partial charge in [0.15, 0.2) is 5.82 Å². The predicted molar refractivity (Wildman–Crippen MR) is 165 cm³/mol. The number of hydrogen-bond acceptors (Lipinski definition) is 9. The minimum Gasteiger partial charge on any atom is -0.351 e. The maximum absolute atomic E-state index is 16.2. The van der Waals surface area contributed by atoms with Gasteiger partial charge in [0, 0.05) is 23.2 Å². The molecule has 3 heterocycles. The zero-order valence-corrected chi connectivity index (χ0v) is 27.1. The van der Waals surface area contributed by atoms with E-state index < -0.39 is 64.9 Å². The lowest BCUT2D eigenvalue weighted by Crippen LogP contribution is -2.67. The van der Waals surface area contributed by atoms with Gasteiger partial charge in [0.05, 0.1) is 39.0 Å². The third-order valence-corrected chi connectivity index (χ3v) is 13.3. The number of halogens is 6. The largest absolute Gasteiger partial charge is 0.417 e. The molecule has 2 bridgehead atoms. The number of thiazole rings is 1. The smallest absolute Gasteiger partial charge is 0.351 e. The molecule has 18 heteroatoms. The minimum atomic E-state index is -5.29. The van der Waals surface area contributed by atoms with Crippen LogP contribution in [-0.2, 0) is 31.5 Å². The second-order valence-corrected chi connectivity index (χ2v) is 17.3. The number of nitrogens with zero attached hydrogens (tertiary/aromatic N) is 3. The van der Waals surface area contributed by atoms with Crippen molar-refractivity contribution in [2.24, 2.45) is 0 Å². The molecule has 48 heavy (non-hydrogen) atoms. The highest BCUT2D eigenvalue weighted by Crippen LogP contribution is 2.70. The van der Waals surface area contributed by atoms with E-state index in [1.165, 1.54) is 24.4 Å². The molecule has 0 radical (unpaired) electrons. The van der Waals surface area contributed by atoms with Crippen molar-refractivity contribution < 1.29 is 43.2 Å². The predicted octanol–water partition coefficient (Wildman–Crippen LogP) is 6.50. The summed E-state index contributed by atoms with van der Waals surface area (Å²) in [4.78, 5) is 12.1. The molecule has 8 rings (SSSR count). The van der Waals surface area contributed by atoms with Gasteiger partial charge in [-0.3, -0.25) is 4.72 Å². The van der Waals surface area contributed by atoms with Crippen molar-refractivity contribution in [3.8, 4) is 21.8 Å². The van der Waals surface area contributed by atoms with Gasteiger partial charge in [-0.15, -0.1) is 11.3 Å². The fourth-order valence-corrected chi connectivity index (χ4v) is 10.6. The van der Waals surface area contributed by atoms with Crippen LogP contribution >= 0.6 is 11.3 Å². The molecule has 0 spiro atoms. The van der Waals surface area contributed by atoms with E-state index in [2.05, 4.69) is 20.3 Å². The zero-order chi connectivity index (χ0) is 34.3. The number of aromatic nitrogens is 3. The number of benzene rings is 2. The average Bonchev–Trinajstić information content (AvgIpc) is 3.42. The van der Waals surface area contributed by atoms with Gasteiger partial charge in [0.1, 0.15) is 31.2 Å². The summed E-state index contributed by atoms with van der Waals surface area (Å²) in [5.74, 6) is -2.66. The van der Waals surface area contributed by atoms with E-state index in [0.29, 0.717) is 46.6 Å². The fourth-order valence-electron chi connectivity index (χ4n) is 6.56. The third kappa shape index (κ3) is 5.80. The van der Waals surface area contributed by atoms with E-state index in [1.807, 2.05) is 0 Å². The van der Waals surface area contributed by atoms with Gasteiger partial charge in [-0.1, -0.05) is 12.1 Å². The lowest BCUT2D eigenvalue weighted by Gasteiger charge is -2.64. The first kappa shape index (κ1) is 32.8. The fraction of sp³-hybridized carbons (Fsp3) is 0.367. The second-order valence-electron chi connectivity index (χ2n) is 12.4. The van der Waals surface area contributed by atoms with E-state index in [-0.39, 0.29) is 54.0 Å². The Morgan fingerprint density at radius 2 is 1.65 bits per heavy atom. The maximum atomic E-state index is 16.2. The maximum Gasteiger partial charge on any atom is 0.417 e. The Kier molecular flexibility index (Phi) is 7.60. The van der Waals surface area contributed by atoms with Crippen LogP contribution in [0, 0.1) is 11.6 Å². The average molecular weight is 730 g/mol. The van der Waals surface area contributed by atoms with Crippen LogP contribution < -0.4 is 10.0 Å². The van der Waals surface area contributed by atoms with Gasteiger partial charge < -0.3 is 5.32 Å². The Labute approximate surface area is 274 Å². The molecular weight excluding hydrogens is 705 g/mol. The topological polar surface area (TPSA) is 131 Å². The number of rotatable bonds is 8. The molecule has 0 atom stereocenters. The third-order valence-electron chi connectivity index (χ3n) is 8.86. The summed E-state index contributed by atoms with van der Waals surface area (Å²) in [6.07, 6.45) is -2.37. The first-order valence-electron chi connectivity index (χ1n) is 14.7. The lowest BCUT2D eigenvalue weighted by molar-refractivity contribution is -0.158. The molecule has 254 valence electrons. The molecule has 4 aromatic rings. The van der Waals surface area contributed by atoms with Gasteiger partial charge in [-0.25, -0.2) is 45.0 Å². The summed E-state index contributed by atoms with van der Waals surface area (Å²) in [6.45, 7) is 0. The van der Waals surface area contributed by atoms with Crippen molar-refractivity contribution in [2.45, 2.75) is 60.3 Å². The van der Waals surface area contributed by atoms with Crippen LogP contribution in [-0.4, -0.2) is 55.0 Å². The van der Waals surface area contributed by atoms with Crippen LogP contribution in [0.15, 0.2) is 53.6 Å². The van der Waals surface area contributed by atoms with Gasteiger partial charge in [0.2, 0.25) is 5.95 Å². The van der Waals surface area contributed by atoms with Gasteiger partial charge in [-0.05, 0) is 62.4 Å². The highest BCUT2D eigenvalue weighted by Gasteiger charge is 2.71. The Bertz CT molecular complexity index is 2140. The zero-order valence-electron chi connectivity index (χ0n) is 24.6. The second kappa shape index (κ2) is 11.1. The molecule has 1 aliphatic heterocycles. The summed E-state index contributed by atoms with van der Waals surface area (Å²) in [6, 6.07) is 6.52. The minimum absolute atomic E-state index is 0.0126. The van der Waals surface area contributed by atoms with E-state index >= 15 is 4.39 Å². The highest BCUT2D eigenvalue weighted by atomic mass is 32.2. The summed E-state index contributed by atoms with van der Waals surface area (Å²) in [5.41, 5.74) is -4.26. The molecular formula is C30H25F6N5O4S3. The number of anilines is 2. The summed E-state index contributed by atoms with van der Waals surface area (Å²) in [5, 5.41) is 3.65. The Balaban J connectivity index is 1.26. The van der Waals surface area contributed by atoms with Crippen molar-refractivity contribution in [2.75, 3.05) is 21.5 Å². The van der Waals surface area contributed by atoms with Crippen molar-refractivity contribution in [1.29, 1.82) is 0 Å². The molecule has 4 fully saturated rings. The van der Waals surface area contributed by atoms with Crippen LogP contribution in [0.3, 0.4) is 0 Å². The standard InChI is InChI=1S/C30H25F6N5O4S3/c31-19-5-2-4-18(30(34,35)36)25(19)48(44,45)41-20-6-1-3-17(22(20)32)23-24(46-26(40-23)28-13-29(33,14-28)15-28)21-7-10-37-27(39-21)38-16-8-11-47(42,43)12-9-16/h1-7,10,16,41H,8-9,11-15H2,(H,37,38,39). The quantitative estimate of drug-likeness (QED) is 0.197. The summed E-state index contributed by atoms with van der Waals surface area (Å²) >= 11 is 1.16. The van der Waals surface area contributed by atoms with Gasteiger partial charge in [-0.2, -0.15) is 13.2 Å². The number of hydrogen-bond donors (Lipinski definition) is 2. The van der Waals surface area contributed by atoms with Crippen molar-refractivity contribution in [3.05, 3.63) is 70.9 Å². The Morgan fingerprint density at radius 3 is 2.31 bits per heavy atom. The summed E-state index contributed by atoms with van der Waals surface area (Å²) in [7, 11) is -8.40. The monoisotopic (exact) mass is 729 g/mol. The number of nitrogens with one attached hydrogen (secondary N) is 2. The molecule has 2 N–H and O–H groups in total. The molecule has 4 aliphatic rings. The van der Waals surface area contributed by atoms with E-state index in [1.54, 1.807) is 4.72 Å². The molecule has 0 amide bonds. The molecule has 0 unspecified atom stereocenters. The Hall–Kier alpha value is -3.77. The number of sulfonamides is 1. The first-order valence-corrected chi connectivity index (χ1v) is 18.8. The highest BCUT2D eigenvalue weighted by molar-refractivity contribution is 7.92. The van der Waals surface area contributed by atoms with E-state index in [4.69, 9.17) is 0 Å². The van der Waals surface area contributed by atoms with E-state index in [0.717, 1.165) is 17.4 Å². The van der Waals surface area contributed by atoms with E-state index in [9.17, 15) is 38.8 Å². The van der Waals surface area contributed by atoms with Gasteiger partial charge in [0.25, 0.3) is 10.0 Å². The molecule has 2 aromatic carbocycles. The van der Waals surface area contributed by atoms with Crippen LogP contribution in [0.5, 0.6) is 0 Å². The van der Waals surface area contributed by atoms with Crippen molar-refractivity contribution >= 4 is 42.8 Å². The molecule has 2 aromatic heterocycles. The van der Waals surface area contributed by atoms with Crippen LogP contribution in [0.25, 0.3) is 21.8 Å². The Morgan fingerprint density at radius 1 is 0.958 bits per heavy atom. The normalized spacial score (nSPS) is 23.6. The molecule has 3 aliphatic carbocycles. The van der Waals surface area contributed by atoms with Crippen LogP contribution in [0.1, 0.15) is 42.7 Å². The van der Waals surface area contributed by atoms with Crippen LogP contribution in [0.4, 0.5) is 38.0 Å².